The fraction of sp³-hybridized carbons (Fsp3) is 0.326. The summed E-state index contributed by atoms with van der Waals surface area (Å²) in [6.07, 6.45) is 5.99. The summed E-state index contributed by atoms with van der Waals surface area (Å²) in [5.74, 6) is -1.11. The maximum absolute atomic E-state index is 14.6. The molecule has 2 N–H and O–H groups in total. The number of fused-ring (bicyclic) bond motifs is 1. The van der Waals surface area contributed by atoms with Crippen LogP contribution in [-0.2, 0) is 27.8 Å². The second-order valence-corrected chi connectivity index (χ2v) is 16.5. The Labute approximate surface area is 349 Å². The molecule has 0 fully saturated rings. The van der Waals surface area contributed by atoms with Gasteiger partial charge in [-0.1, -0.05) is 60.7 Å². The Morgan fingerprint density at radius 3 is 2.28 bits per heavy atom. The van der Waals surface area contributed by atoms with Crippen LogP contribution in [0, 0.1) is 6.92 Å². The summed E-state index contributed by atoms with van der Waals surface area (Å²) in [4.78, 5) is 53.5. The van der Waals surface area contributed by atoms with Crippen LogP contribution >= 0.6 is 23.2 Å². The van der Waals surface area contributed by atoms with E-state index in [1.165, 1.54) is 23.8 Å². The second kappa shape index (κ2) is 20.0. The van der Waals surface area contributed by atoms with Gasteiger partial charge in [-0.05, 0) is 106 Å². The van der Waals surface area contributed by atoms with Crippen molar-refractivity contribution >= 4 is 78.7 Å². The van der Waals surface area contributed by atoms with E-state index in [-0.39, 0.29) is 34.9 Å². The summed E-state index contributed by atoms with van der Waals surface area (Å²) in [6, 6.07) is 22.4. The highest BCUT2D eigenvalue weighted by Gasteiger charge is 2.25. The minimum atomic E-state index is -3.85. The molecule has 0 bridgehead atoms. The Kier molecular flexibility index (Phi) is 15.1. The Balaban J connectivity index is 1.53. The molecule has 306 valence electrons. The SMILES string of the molecule is CCN(CC)c1ccc(N=C(C(=O)Nc2cc(C(=O)NS(C)(=O)=O)ccc2C)c2nc3ccccc3c(=O)n2CCCCCCCc2cc(Cl)cc(Cl)c2)c(OC)c1. The van der Waals surface area contributed by atoms with Crippen molar-refractivity contribution in [2.75, 3.05) is 36.7 Å². The normalized spacial score (nSPS) is 11.7. The zero-order valence-electron chi connectivity index (χ0n) is 33.3. The van der Waals surface area contributed by atoms with Gasteiger partial charge in [0.25, 0.3) is 17.4 Å². The number of para-hydroxylation sites is 1. The number of hydrogen-bond acceptors (Lipinski definition) is 9. The van der Waals surface area contributed by atoms with Crippen LogP contribution in [0.4, 0.5) is 17.1 Å². The molecule has 0 radical (unpaired) electrons. The highest BCUT2D eigenvalue weighted by atomic mass is 35.5. The molecule has 1 aromatic heterocycles. The zero-order chi connectivity index (χ0) is 42.0. The van der Waals surface area contributed by atoms with E-state index < -0.39 is 21.8 Å². The summed E-state index contributed by atoms with van der Waals surface area (Å²) in [5, 5.41) is 4.48. The Morgan fingerprint density at radius 2 is 1.59 bits per heavy atom. The molecular formula is C43H48Cl2N6O6S. The van der Waals surface area contributed by atoms with Crippen LogP contribution in [0.2, 0.25) is 10.0 Å². The standard InChI is InChI=1S/C43H48Cl2N6O6S/c1-6-50(7-2)33-20-21-36(38(27-33)57-4)46-39(42(53)48-37-25-30(19-18-28(37)3)41(52)49-58(5,55)56)40-47-35-17-13-12-16-34(35)43(54)51(40)22-14-10-8-9-11-15-29-23-31(44)26-32(45)24-29/h12-13,16-21,23-27H,6-11,14-15,22H2,1-5H3,(H,48,53)(H,49,52). The molecule has 0 aliphatic carbocycles. The minimum absolute atomic E-state index is 0.00979. The lowest BCUT2D eigenvalue weighted by Crippen LogP contribution is -2.34. The summed E-state index contributed by atoms with van der Waals surface area (Å²) < 4.78 is 32.8. The number of anilines is 2. The van der Waals surface area contributed by atoms with Crippen molar-refractivity contribution in [3.05, 3.63) is 122 Å². The molecule has 1 heterocycles. The fourth-order valence-electron chi connectivity index (χ4n) is 6.61. The van der Waals surface area contributed by atoms with E-state index in [0.717, 1.165) is 62.7 Å². The molecule has 5 aromatic rings. The van der Waals surface area contributed by atoms with E-state index in [4.69, 9.17) is 37.9 Å². The second-order valence-electron chi connectivity index (χ2n) is 13.9. The van der Waals surface area contributed by atoms with E-state index in [2.05, 4.69) is 10.2 Å². The predicted octanol–water partition coefficient (Wildman–Crippen LogP) is 8.51. The molecule has 0 spiro atoms. The third-order valence-corrected chi connectivity index (χ3v) is 10.6. The number of nitrogens with one attached hydrogen (secondary N) is 2. The maximum Gasteiger partial charge on any atom is 0.278 e. The molecule has 0 aliphatic heterocycles. The molecule has 0 aliphatic rings. The molecule has 0 saturated heterocycles. The largest absolute Gasteiger partial charge is 0.494 e. The Hall–Kier alpha value is -5.24. The first kappa shape index (κ1) is 43.9. The first-order chi connectivity index (χ1) is 27.7. The van der Waals surface area contributed by atoms with Gasteiger partial charge in [0.2, 0.25) is 10.0 Å². The van der Waals surface area contributed by atoms with Crippen molar-refractivity contribution in [2.24, 2.45) is 4.99 Å². The van der Waals surface area contributed by atoms with Crippen molar-refractivity contribution in [1.29, 1.82) is 0 Å². The van der Waals surface area contributed by atoms with Crippen molar-refractivity contribution < 1.29 is 22.7 Å². The predicted molar refractivity (Wildman–Crippen MR) is 234 cm³/mol. The average Bonchev–Trinajstić information content (AvgIpc) is 3.17. The summed E-state index contributed by atoms with van der Waals surface area (Å²) in [6.45, 7) is 7.62. The van der Waals surface area contributed by atoms with E-state index in [1.54, 1.807) is 49.4 Å². The number of sulfonamides is 1. The highest BCUT2D eigenvalue weighted by molar-refractivity contribution is 7.89. The summed E-state index contributed by atoms with van der Waals surface area (Å²) in [7, 11) is -2.33. The topological polar surface area (TPSA) is 152 Å². The first-order valence-electron chi connectivity index (χ1n) is 19.1. The molecule has 0 unspecified atom stereocenters. The van der Waals surface area contributed by atoms with Gasteiger partial charge in [-0.3, -0.25) is 19.0 Å². The number of nitrogens with zero attached hydrogens (tertiary/aromatic N) is 4. The third-order valence-electron chi connectivity index (χ3n) is 9.61. The van der Waals surface area contributed by atoms with E-state index in [9.17, 15) is 22.8 Å². The molecular weight excluding hydrogens is 799 g/mol. The van der Waals surface area contributed by atoms with Crippen molar-refractivity contribution in [3.8, 4) is 5.75 Å². The number of aliphatic imine (C=N–C) groups is 1. The summed E-state index contributed by atoms with van der Waals surface area (Å²) >= 11 is 12.3. The van der Waals surface area contributed by atoms with Gasteiger partial charge in [0.05, 0.1) is 24.3 Å². The molecule has 4 aromatic carbocycles. The molecule has 12 nitrogen and oxygen atoms in total. The minimum Gasteiger partial charge on any atom is -0.494 e. The lowest BCUT2D eigenvalue weighted by atomic mass is 10.1. The summed E-state index contributed by atoms with van der Waals surface area (Å²) in [5.41, 5.74) is 3.06. The lowest BCUT2D eigenvalue weighted by molar-refractivity contribution is -0.110. The number of aryl methyl sites for hydroxylation is 2. The van der Waals surface area contributed by atoms with Crippen LogP contribution in [0.3, 0.4) is 0 Å². The number of halogens is 2. The number of rotatable bonds is 18. The number of unbranched alkanes of at least 4 members (excludes halogenated alkanes) is 4. The van der Waals surface area contributed by atoms with Gasteiger partial charge in [0.15, 0.2) is 11.5 Å². The first-order valence-corrected chi connectivity index (χ1v) is 21.8. The van der Waals surface area contributed by atoms with Crippen LogP contribution in [0.1, 0.15) is 73.3 Å². The van der Waals surface area contributed by atoms with Crippen molar-refractivity contribution in [3.63, 3.8) is 0 Å². The molecule has 15 heteroatoms. The maximum atomic E-state index is 14.6. The van der Waals surface area contributed by atoms with Crippen LogP contribution in [0.15, 0.2) is 88.6 Å². The van der Waals surface area contributed by atoms with E-state index in [1.807, 2.05) is 42.8 Å². The molecule has 58 heavy (non-hydrogen) atoms. The number of amides is 2. The number of carbonyl (C=O) groups is 2. The quantitative estimate of drug-likeness (QED) is 0.0658. The number of benzene rings is 4. The molecule has 0 atom stereocenters. The van der Waals surface area contributed by atoms with E-state index in [0.29, 0.717) is 44.4 Å². The Bertz CT molecular complexity index is 2480. The number of methoxy groups -OCH3 is 1. The van der Waals surface area contributed by atoms with Gasteiger partial charge in [-0.15, -0.1) is 0 Å². The van der Waals surface area contributed by atoms with Crippen molar-refractivity contribution in [1.82, 2.24) is 14.3 Å². The fourth-order valence-corrected chi connectivity index (χ4v) is 7.64. The van der Waals surface area contributed by atoms with Gasteiger partial charge < -0.3 is 15.0 Å². The van der Waals surface area contributed by atoms with Crippen LogP contribution in [0.5, 0.6) is 5.75 Å². The van der Waals surface area contributed by atoms with Gasteiger partial charge >= 0.3 is 0 Å². The molecule has 0 saturated carbocycles. The third kappa shape index (κ3) is 11.5. The van der Waals surface area contributed by atoms with Gasteiger partial charge in [-0.25, -0.2) is 23.1 Å². The van der Waals surface area contributed by atoms with Gasteiger partial charge in [-0.2, -0.15) is 0 Å². The van der Waals surface area contributed by atoms with Gasteiger partial charge in [0, 0.05) is 52.7 Å². The smallest absolute Gasteiger partial charge is 0.278 e. The monoisotopic (exact) mass is 846 g/mol. The zero-order valence-corrected chi connectivity index (χ0v) is 35.6. The average molecular weight is 848 g/mol. The number of ether oxygens (including phenoxy) is 1. The van der Waals surface area contributed by atoms with E-state index >= 15 is 0 Å². The number of hydrogen-bond donors (Lipinski definition) is 2. The van der Waals surface area contributed by atoms with Crippen LogP contribution in [-0.4, -0.2) is 61.9 Å². The molecule has 2 amide bonds. The lowest BCUT2D eigenvalue weighted by Gasteiger charge is -2.22. The van der Waals surface area contributed by atoms with Gasteiger partial charge in [0.1, 0.15) is 11.4 Å². The van der Waals surface area contributed by atoms with Crippen LogP contribution in [0.25, 0.3) is 10.9 Å². The van der Waals surface area contributed by atoms with Crippen molar-refractivity contribution in [2.45, 2.75) is 65.8 Å². The van der Waals surface area contributed by atoms with Crippen LogP contribution < -0.4 is 25.2 Å². The highest BCUT2D eigenvalue weighted by Crippen LogP contribution is 2.33. The number of carbonyl (C=O) groups excluding carboxylic acids is 2. The Morgan fingerprint density at radius 1 is 0.897 bits per heavy atom. The number of aromatic nitrogens is 2. The molecule has 5 rings (SSSR count).